The Morgan fingerprint density at radius 1 is 0.867 bits per heavy atom. The molecule has 0 unspecified atom stereocenters. The molecular formula is C12H9IO2. The summed E-state index contributed by atoms with van der Waals surface area (Å²) >= 11 is 2.23. The van der Waals surface area contributed by atoms with Crippen molar-refractivity contribution in [2.24, 2.45) is 0 Å². The lowest BCUT2D eigenvalue weighted by molar-refractivity contribution is 0.452. The monoisotopic (exact) mass is 312 g/mol. The Hall–Kier alpha value is -1.23. The quantitative estimate of drug-likeness (QED) is 0.793. The first-order chi connectivity index (χ1) is 7.16. The normalized spacial score (nSPS) is 10.2. The maximum Gasteiger partial charge on any atom is 0.127 e. The first kappa shape index (κ1) is 10.3. The SMILES string of the molecule is Oc1ccc(-c2ccc(I)cc2)c(O)c1. The maximum absolute atomic E-state index is 9.65. The number of phenols is 2. The number of halogens is 1. The minimum Gasteiger partial charge on any atom is -0.508 e. The van der Waals surface area contributed by atoms with Gasteiger partial charge in [-0.25, -0.2) is 0 Å². The molecule has 0 saturated heterocycles. The van der Waals surface area contributed by atoms with E-state index in [0.29, 0.717) is 0 Å². The van der Waals surface area contributed by atoms with Crippen molar-refractivity contribution in [1.82, 2.24) is 0 Å². The van der Waals surface area contributed by atoms with Crippen LogP contribution in [0.15, 0.2) is 42.5 Å². The van der Waals surface area contributed by atoms with Gasteiger partial charge in [-0.3, -0.25) is 0 Å². The molecule has 0 bridgehead atoms. The van der Waals surface area contributed by atoms with Crippen LogP contribution in [0.1, 0.15) is 0 Å². The molecule has 2 nitrogen and oxygen atoms in total. The van der Waals surface area contributed by atoms with Gasteiger partial charge >= 0.3 is 0 Å². The zero-order chi connectivity index (χ0) is 10.8. The Bertz CT molecular complexity index is 477. The number of phenolic OH excluding ortho intramolecular Hbond substituents is 2. The van der Waals surface area contributed by atoms with Crippen LogP contribution in [-0.2, 0) is 0 Å². The first-order valence-corrected chi connectivity index (χ1v) is 5.52. The van der Waals surface area contributed by atoms with Crippen LogP contribution in [0.25, 0.3) is 11.1 Å². The number of benzene rings is 2. The van der Waals surface area contributed by atoms with Gasteiger partial charge in [-0.15, -0.1) is 0 Å². The molecule has 0 saturated carbocycles. The zero-order valence-electron chi connectivity index (χ0n) is 7.81. The molecule has 0 aromatic heterocycles. The van der Waals surface area contributed by atoms with Crippen molar-refractivity contribution in [3.05, 3.63) is 46.0 Å². The third-order valence-corrected chi connectivity index (χ3v) is 2.86. The summed E-state index contributed by atoms with van der Waals surface area (Å²) in [6, 6.07) is 12.4. The van der Waals surface area contributed by atoms with Crippen LogP contribution >= 0.6 is 22.6 Å². The Morgan fingerprint density at radius 2 is 1.53 bits per heavy atom. The van der Waals surface area contributed by atoms with Crippen molar-refractivity contribution >= 4 is 22.6 Å². The molecule has 76 valence electrons. The van der Waals surface area contributed by atoms with Crippen molar-refractivity contribution in [2.45, 2.75) is 0 Å². The lowest BCUT2D eigenvalue weighted by atomic mass is 10.0. The van der Waals surface area contributed by atoms with Crippen LogP contribution in [0.5, 0.6) is 11.5 Å². The molecule has 15 heavy (non-hydrogen) atoms. The van der Waals surface area contributed by atoms with E-state index in [1.165, 1.54) is 6.07 Å². The molecule has 0 radical (unpaired) electrons. The maximum atomic E-state index is 9.65. The van der Waals surface area contributed by atoms with Gasteiger partial charge in [-0.1, -0.05) is 12.1 Å². The van der Waals surface area contributed by atoms with Crippen LogP contribution in [0, 0.1) is 3.57 Å². The minimum absolute atomic E-state index is 0.0711. The van der Waals surface area contributed by atoms with Gasteiger partial charge in [-0.05, 0) is 52.4 Å². The average Bonchev–Trinajstić information content (AvgIpc) is 2.20. The van der Waals surface area contributed by atoms with E-state index in [0.717, 1.165) is 14.7 Å². The lowest BCUT2D eigenvalue weighted by Crippen LogP contribution is -1.79. The summed E-state index contributed by atoms with van der Waals surface area (Å²) in [5, 5.41) is 18.8. The van der Waals surface area contributed by atoms with Crippen LogP contribution in [-0.4, -0.2) is 10.2 Å². The minimum atomic E-state index is 0.0711. The van der Waals surface area contributed by atoms with E-state index in [2.05, 4.69) is 22.6 Å². The number of hydrogen-bond acceptors (Lipinski definition) is 2. The molecule has 2 aromatic rings. The van der Waals surface area contributed by atoms with Crippen LogP contribution in [0.2, 0.25) is 0 Å². The van der Waals surface area contributed by atoms with Crippen LogP contribution in [0.4, 0.5) is 0 Å². The number of aromatic hydroxyl groups is 2. The Morgan fingerprint density at radius 3 is 2.13 bits per heavy atom. The summed E-state index contributed by atoms with van der Waals surface area (Å²) in [5.41, 5.74) is 1.66. The van der Waals surface area contributed by atoms with Crippen molar-refractivity contribution in [3.63, 3.8) is 0 Å². The third-order valence-electron chi connectivity index (χ3n) is 2.14. The highest BCUT2D eigenvalue weighted by Crippen LogP contribution is 2.31. The fourth-order valence-electron chi connectivity index (χ4n) is 1.39. The second kappa shape index (κ2) is 4.10. The highest BCUT2D eigenvalue weighted by atomic mass is 127. The highest BCUT2D eigenvalue weighted by molar-refractivity contribution is 14.1. The van der Waals surface area contributed by atoms with Crippen molar-refractivity contribution < 1.29 is 10.2 Å². The van der Waals surface area contributed by atoms with E-state index < -0.39 is 0 Å². The predicted molar refractivity (Wildman–Crippen MR) is 67.9 cm³/mol. The largest absolute Gasteiger partial charge is 0.508 e. The lowest BCUT2D eigenvalue weighted by Gasteiger charge is -2.05. The molecule has 2 N–H and O–H groups in total. The van der Waals surface area contributed by atoms with Crippen LogP contribution in [0.3, 0.4) is 0 Å². The highest BCUT2D eigenvalue weighted by Gasteiger charge is 2.04. The van der Waals surface area contributed by atoms with Crippen molar-refractivity contribution in [2.75, 3.05) is 0 Å². The molecule has 0 aliphatic carbocycles. The third kappa shape index (κ3) is 2.23. The van der Waals surface area contributed by atoms with E-state index in [9.17, 15) is 5.11 Å². The molecule has 0 spiro atoms. The van der Waals surface area contributed by atoms with Gasteiger partial charge in [0, 0.05) is 15.2 Å². The molecule has 3 heteroatoms. The standard InChI is InChI=1S/C12H9IO2/c13-9-3-1-8(2-4-9)11-6-5-10(14)7-12(11)15/h1-7,14-15H. The van der Waals surface area contributed by atoms with E-state index >= 15 is 0 Å². The Kier molecular flexibility index (Phi) is 2.81. The first-order valence-electron chi connectivity index (χ1n) is 4.45. The second-order valence-electron chi connectivity index (χ2n) is 3.21. The average molecular weight is 312 g/mol. The molecule has 0 atom stereocenters. The van der Waals surface area contributed by atoms with Gasteiger partial charge in [0.1, 0.15) is 11.5 Å². The topological polar surface area (TPSA) is 40.5 Å². The summed E-state index contributed by atoms with van der Waals surface area (Å²) in [5.74, 6) is 0.165. The van der Waals surface area contributed by atoms with Crippen molar-refractivity contribution in [3.8, 4) is 22.6 Å². The van der Waals surface area contributed by atoms with Crippen LogP contribution < -0.4 is 0 Å². The van der Waals surface area contributed by atoms with Gasteiger partial charge in [0.2, 0.25) is 0 Å². The predicted octanol–water partition coefficient (Wildman–Crippen LogP) is 3.37. The van der Waals surface area contributed by atoms with Gasteiger partial charge in [0.15, 0.2) is 0 Å². The number of rotatable bonds is 1. The summed E-state index contributed by atoms with van der Waals surface area (Å²) in [6.45, 7) is 0. The Balaban J connectivity index is 2.49. The Labute approximate surface area is 101 Å². The van der Waals surface area contributed by atoms with Gasteiger partial charge < -0.3 is 10.2 Å². The molecule has 0 aliphatic rings. The molecule has 2 rings (SSSR count). The molecule has 2 aromatic carbocycles. The summed E-state index contributed by atoms with van der Waals surface area (Å²) in [7, 11) is 0. The molecule has 0 heterocycles. The van der Waals surface area contributed by atoms with E-state index in [1.807, 2.05) is 24.3 Å². The fraction of sp³-hybridized carbons (Fsp3) is 0. The zero-order valence-corrected chi connectivity index (χ0v) is 9.97. The summed E-state index contributed by atoms with van der Waals surface area (Å²) in [4.78, 5) is 0. The van der Waals surface area contributed by atoms with Gasteiger partial charge in [0.25, 0.3) is 0 Å². The second-order valence-corrected chi connectivity index (χ2v) is 4.45. The van der Waals surface area contributed by atoms with E-state index in [-0.39, 0.29) is 11.5 Å². The van der Waals surface area contributed by atoms with Gasteiger partial charge in [-0.2, -0.15) is 0 Å². The molecule has 0 amide bonds. The molecule has 0 aliphatic heterocycles. The summed E-state index contributed by atoms with van der Waals surface area (Å²) < 4.78 is 1.15. The number of hydrogen-bond donors (Lipinski definition) is 2. The summed E-state index contributed by atoms with van der Waals surface area (Å²) in [6.07, 6.45) is 0. The fourth-order valence-corrected chi connectivity index (χ4v) is 1.75. The van der Waals surface area contributed by atoms with Crippen molar-refractivity contribution in [1.29, 1.82) is 0 Å². The van der Waals surface area contributed by atoms with E-state index in [1.54, 1.807) is 12.1 Å². The van der Waals surface area contributed by atoms with E-state index in [4.69, 9.17) is 5.11 Å². The van der Waals surface area contributed by atoms with Gasteiger partial charge in [0.05, 0.1) is 0 Å². The molecule has 0 fully saturated rings. The molecular weight excluding hydrogens is 303 g/mol. The smallest absolute Gasteiger partial charge is 0.127 e.